The molecule has 0 saturated carbocycles. The fraction of sp³-hybridized carbons (Fsp3) is 0.600. The van der Waals surface area contributed by atoms with Crippen LogP contribution in [0.2, 0.25) is 5.02 Å². The lowest BCUT2D eigenvalue weighted by Gasteiger charge is -2.36. The lowest BCUT2D eigenvalue weighted by molar-refractivity contribution is -0.132. The standard InChI is InChI=1S/C15H23ClN4O/c1-12(2)18(3)15(21)11-19-6-8-20(9-7-19)14-5-4-13(16)10-17-14/h4-5,10,12H,6-9,11H2,1-3H3. The van der Waals surface area contributed by atoms with E-state index in [0.29, 0.717) is 11.6 Å². The predicted octanol–water partition coefficient (Wildman–Crippen LogP) is 1.72. The van der Waals surface area contributed by atoms with Crippen molar-refractivity contribution in [1.82, 2.24) is 14.8 Å². The van der Waals surface area contributed by atoms with Crippen LogP contribution in [0.1, 0.15) is 13.8 Å². The maximum atomic E-state index is 12.1. The van der Waals surface area contributed by atoms with Crippen LogP contribution in [0.3, 0.4) is 0 Å². The highest BCUT2D eigenvalue weighted by atomic mass is 35.5. The van der Waals surface area contributed by atoms with Crippen molar-refractivity contribution >= 4 is 23.3 Å². The van der Waals surface area contributed by atoms with Crippen LogP contribution in [0, 0.1) is 0 Å². The maximum absolute atomic E-state index is 12.1. The Kier molecular flexibility index (Phi) is 5.42. The summed E-state index contributed by atoms with van der Waals surface area (Å²) in [6.07, 6.45) is 1.67. The van der Waals surface area contributed by atoms with Crippen LogP contribution in [-0.2, 0) is 4.79 Å². The van der Waals surface area contributed by atoms with Gasteiger partial charge >= 0.3 is 0 Å². The molecule has 1 saturated heterocycles. The molecular formula is C15H23ClN4O. The first-order valence-corrected chi connectivity index (χ1v) is 7.69. The second kappa shape index (κ2) is 7.09. The number of aromatic nitrogens is 1. The van der Waals surface area contributed by atoms with Crippen LogP contribution in [0.15, 0.2) is 18.3 Å². The molecule has 0 bridgehead atoms. The van der Waals surface area contributed by atoms with Gasteiger partial charge in [0.05, 0.1) is 11.6 Å². The first-order valence-electron chi connectivity index (χ1n) is 7.32. The zero-order valence-electron chi connectivity index (χ0n) is 12.9. The summed E-state index contributed by atoms with van der Waals surface area (Å²) in [6, 6.07) is 4.05. The Morgan fingerprint density at radius 1 is 1.33 bits per heavy atom. The fourth-order valence-corrected chi connectivity index (χ4v) is 2.39. The molecule has 21 heavy (non-hydrogen) atoms. The van der Waals surface area contributed by atoms with E-state index in [9.17, 15) is 4.79 Å². The number of hydrogen-bond donors (Lipinski definition) is 0. The summed E-state index contributed by atoms with van der Waals surface area (Å²) in [5, 5.41) is 0.653. The van der Waals surface area contributed by atoms with Gasteiger partial charge in [0.1, 0.15) is 5.82 Å². The summed E-state index contributed by atoms with van der Waals surface area (Å²) in [5.74, 6) is 1.13. The molecule has 0 aliphatic carbocycles. The summed E-state index contributed by atoms with van der Waals surface area (Å²) in [6.45, 7) is 8.07. The summed E-state index contributed by atoms with van der Waals surface area (Å²) < 4.78 is 0. The van der Waals surface area contributed by atoms with Gasteiger partial charge in [0, 0.05) is 45.5 Å². The number of likely N-dealkylation sites (N-methyl/N-ethyl adjacent to an activating group) is 1. The number of carbonyl (C=O) groups excluding carboxylic acids is 1. The van der Waals surface area contributed by atoms with E-state index in [4.69, 9.17) is 11.6 Å². The van der Waals surface area contributed by atoms with Gasteiger partial charge in [-0.3, -0.25) is 9.69 Å². The molecule has 0 N–H and O–H groups in total. The number of rotatable bonds is 4. The Morgan fingerprint density at radius 3 is 2.52 bits per heavy atom. The van der Waals surface area contributed by atoms with Crippen molar-refractivity contribution in [3.05, 3.63) is 23.4 Å². The number of halogens is 1. The van der Waals surface area contributed by atoms with Crippen molar-refractivity contribution in [2.75, 3.05) is 44.7 Å². The molecule has 116 valence electrons. The Balaban J connectivity index is 1.83. The minimum Gasteiger partial charge on any atom is -0.354 e. The monoisotopic (exact) mass is 310 g/mol. The Morgan fingerprint density at radius 2 is 2.00 bits per heavy atom. The number of anilines is 1. The normalized spacial score (nSPS) is 16.3. The van der Waals surface area contributed by atoms with E-state index >= 15 is 0 Å². The van der Waals surface area contributed by atoms with E-state index in [-0.39, 0.29) is 11.9 Å². The zero-order chi connectivity index (χ0) is 15.4. The third kappa shape index (κ3) is 4.32. The topological polar surface area (TPSA) is 39.7 Å². The zero-order valence-corrected chi connectivity index (χ0v) is 13.7. The van der Waals surface area contributed by atoms with Crippen LogP contribution in [0.25, 0.3) is 0 Å². The second-order valence-electron chi connectivity index (χ2n) is 5.70. The van der Waals surface area contributed by atoms with Crippen LogP contribution < -0.4 is 4.90 Å². The maximum Gasteiger partial charge on any atom is 0.236 e. The van der Waals surface area contributed by atoms with E-state index in [1.54, 1.807) is 11.1 Å². The van der Waals surface area contributed by atoms with Crippen molar-refractivity contribution in [1.29, 1.82) is 0 Å². The summed E-state index contributed by atoms with van der Waals surface area (Å²) in [4.78, 5) is 22.7. The highest BCUT2D eigenvalue weighted by Gasteiger charge is 2.21. The Labute approximate surface area is 131 Å². The van der Waals surface area contributed by atoms with Crippen molar-refractivity contribution in [3.63, 3.8) is 0 Å². The molecule has 0 atom stereocenters. The molecule has 1 amide bonds. The molecule has 0 unspecified atom stereocenters. The van der Waals surface area contributed by atoms with Crippen LogP contribution in [0.5, 0.6) is 0 Å². The van der Waals surface area contributed by atoms with Crippen molar-refractivity contribution in [2.45, 2.75) is 19.9 Å². The van der Waals surface area contributed by atoms with Gasteiger partial charge in [-0.05, 0) is 26.0 Å². The highest BCUT2D eigenvalue weighted by molar-refractivity contribution is 6.30. The van der Waals surface area contributed by atoms with Crippen LogP contribution in [-0.4, -0.2) is 66.5 Å². The number of pyridine rings is 1. The van der Waals surface area contributed by atoms with E-state index < -0.39 is 0 Å². The summed E-state index contributed by atoms with van der Waals surface area (Å²) >= 11 is 5.85. The molecule has 1 aromatic heterocycles. The third-order valence-corrected chi connectivity index (χ3v) is 4.16. The number of hydrogen-bond acceptors (Lipinski definition) is 4. The lowest BCUT2D eigenvalue weighted by atomic mass is 10.2. The Bertz CT molecular complexity index is 469. The largest absolute Gasteiger partial charge is 0.354 e. The predicted molar refractivity (Wildman–Crippen MR) is 85.8 cm³/mol. The van der Waals surface area contributed by atoms with E-state index in [0.717, 1.165) is 32.0 Å². The lowest BCUT2D eigenvalue weighted by Crippen LogP contribution is -2.50. The smallest absolute Gasteiger partial charge is 0.236 e. The molecular weight excluding hydrogens is 288 g/mol. The molecule has 1 aliphatic heterocycles. The SMILES string of the molecule is CC(C)N(C)C(=O)CN1CCN(c2ccc(Cl)cn2)CC1. The van der Waals surface area contributed by atoms with Gasteiger partial charge in [-0.2, -0.15) is 0 Å². The summed E-state index contributed by atoms with van der Waals surface area (Å²) in [7, 11) is 1.86. The van der Waals surface area contributed by atoms with Crippen molar-refractivity contribution in [3.8, 4) is 0 Å². The van der Waals surface area contributed by atoms with Crippen molar-refractivity contribution < 1.29 is 4.79 Å². The van der Waals surface area contributed by atoms with Gasteiger partial charge in [-0.25, -0.2) is 4.98 Å². The molecule has 6 heteroatoms. The van der Waals surface area contributed by atoms with E-state index in [1.807, 2.05) is 33.0 Å². The first kappa shape index (κ1) is 16.0. The molecule has 1 aromatic rings. The average Bonchev–Trinajstić information content (AvgIpc) is 2.48. The van der Waals surface area contributed by atoms with Gasteiger partial charge in [-0.1, -0.05) is 11.6 Å². The molecule has 0 radical (unpaired) electrons. The minimum atomic E-state index is 0.183. The molecule has 0 spiro atoms. The highest BCUT2D eigenvalue weighted by Crippen LogP contribution is 2.16. The second-order valence-corrected chi connectivity index (χ2v) is 6.13. The van der Waals surface area contributed by atoms with Gasteiger partial charge in [0.2, 0.25) is 5.91 Å². The number of piperazine rings is 1. The van der Waals surface area contributed by atoms with Gasteiger partial charge in [0.15, 0.2) is 0 Å². The summed E-state index contributed by atoms with van der Waals surface area (Å²) in [5.41, 5.74) is 0. The molecule has 0 aromatic carbocycles. The molecule has 2 heterocycles. The van der Waals surface area contributed by atoms with Gasteiger partial charge < -0.3 is 9.80 Å². The third-order valence-electron chi connectivity index (χ3n) is 3.93. The molecule has 2 rings (SSSR count). The van der Waals surface area contributed by atoms with Crippen LogP contribution in [0.4, 0.5) is 5.82 Å². The van der Waals surface area contributed by atoms with E-state index in [1.165, 1.54) is 0 Å². The molecule has 1 aliphatic rings. The molecule has 5 nitrogen and oxygen atoms in total. The average molecular weight is 311 g/mol. The minimum absolute atomic E-state index is 0.183. The Hall–Kier alpha value is -1.33. The fourth-order valence-electron chi connectivity index (χ4n) is 2.28. The molecule has 1 fully saturated rings. The van der Waals surface area contributed by atoms with Gasteiger partial charge in [-0.15, -0.1) is 0 Å². The van der Waals surface area contributed by atoms with Crippen molar-refractivity contribution in [2.24, 2.45) is 0 Å². The first-order chi connectivity index (χ1) is 9.97. The van der Waals surface area contributed by atoms with Gasteiger partial charge in [0.25, 0.3) is 0 Å². The number of amides is 1. The number of nitrogens with zero attached hydrogens (tertiary/aromatic N) is 4. The van der Waals surface area contributed by atoms with Crippen LogP contribution >= 0.6 is 11.6 Å². The number of carbonyl (C=O) groups is 1. The quantitative estimate of drug-likeness (QED) is 0.849. The van der Waals surface area contributed by atoms with E-state index in [2.05, 4.69) is 14.8 Å².